The molecule has 0 bridgehead atoms. The van der Waals surface area contributed by atoms with E-state index in [1.807, 2.05) is 38.3 Å². The summed E-state index contributed by atoms with van der Waals surface area (Å²) in [5.74, 6) is -0.158. The van der Waals surface area contributed by atoms with E-state index in [2.05, 4.69) is 15.3 Å². The molecule has 0 unspecified atom stereocenters. The second-order valence-electron chi connectivity index (χ2n) is 5.11. The Kier molecular flexibility index (Phi) is 3.53. The van der Waals surface area contributed by atoms with Crippen LogP contribution in [0.4, 0.5) is 5.82 Å². The highest BCUT2D eigenvalue weighted by molar-refractivity contribution is 7.13. The zero-order chi connectivity index (χ0) is 14.0. The molecule has 100 valence electrons. The lowest BCUT2D eigenvalue weighted by Crippen LogP contribution is -2.28. The minimum atomic E-state index is -1.04. The third kappa shape index (κ3) is 3.29. The summed E-state index contributed by atoms with van der Waals surface area (Å²) in [5, 5.41) is 14.2. The fourth-order valence-corrected chi connectivity index (χ4v) is 2.18. The van der Waals surface area contributed by atoms with Crippen molar-refractivity contribution in [2.75, 3.05) is 5.32 Å². The lowest BCUT2D eigenvalue weighted by Gasteiger charge is -2.22. The van der Waals surface area contributed by atoms with E-state index in [0.717, 1.165) is 4.88 Å². The van der Waals surface area contributed by atoms with Crippen molar-refractivity contribution in [3.8, 4) is 10.7 Å². The molecule has 0 spiro atoms. The summed E-state index contributed by atoms with van der Waals surface area (Å²) in [6.45, 7) is 5.85. The second kappa shape index (κ2) is 4.97. The van der Waals surface area contributed by atoms with Gasteiger partial charge in [0.1, 0.15) is 11.4 Å². The molecule has 2 heterocycles. The standard InChI is InChI=1S/C13H15N3O2S/c1-13(2,3)16-10-8(12(17)18)7-14-11(15-10)9-5-4-6-19-9/h4-7H,1-3H3,(H,17,18)(H,14,15,16). The summed E-state index contributed by atoms with van der Waals surface area (Å²) >= 11 is 1.52. The van der Waals surface area contributed by atoms with Crippen molar-refractivity contribution in [3.05, 3.63) is 29.3 Å². The Morgan fingerprint density at radius 3 is 2.68 bits per heavy atom. The minimum Gasteiger partial charge on any atom is -0.477 e. The van der Waals surface area contributed by atoms with Crippen LogP contribution in [0.5, 0.6) is 0 Å². The van der Waals surface area contributed by atoms with Crippen LogP contribution in [-0.2, 0) is 0 Å². The highest BCUT2D eigenvalue weighted by Crippen LogP contribution is 2.24. The van der Waals surface area contributed by atoms with E-state index in [1.165, 1.54) is 17.5 Å². The van der Waals surface area contributed by atoms with Gasteiger partial charge in [-0.3, -0.25) is 0 Å². The summed E-state index contributed by atoms with van der Waals surface area (Å²) in [5.41, 5.74) is -0.194. The van der Waals surface area contributed by atoms with Gasteiger partial charge in [-0.1, -0.05) is 6.07 Å². The van der Waals surface area contributed by atoms with E-state index in [9.17, 15) is 4.79 Å². The van der Waals surface area contributed by atoms with Crippen LogP contribution < -0.4 is 5.32 Å². The van der Waals surface area contributed by atoms with Crippen molar-refractivity contribution in [3.63, 3.8) is 0 Å². The smallest absolute Gasteiger partial charge is 0.341 e. The molecular formula is C13H15N3O2S. The average Bonchev–Trinajstić information content (AvgIpc) is 2.79. The predicted octanol–water partition coefficient (Wildman–Crippen LogP) is 3.11. The number of thiophene rings is 1. The summed E-state index contributed by atoms with van der Waals surface area (Å²) in [6.07, 6.45) is 1.35. The molecule has 2 N–H and O–H groups in total. The van der Waals surface area contributed by atoms with Crippen LogP contribution >= 0.6 is 11.3 Å². The van der Waals surface area contributed by atoms with Gasteiger partial charge in [-0.05, 0) is 32.2 Å². The van der Waals surface area contributed by atoms with Crippen molar-refractivity contribution >= 4 is 23.1 Å². The SMILES string of the molecule is CC(C)(C)Nc1nc(-c2cccs2)ncc1C(=O)O. The summed E-state index contributed by atoms with van der Waals surface area (Å²) in [7, 11) is 0. The first kappa shape index (κ1) is 13.5. The molecule has 0 atom stereocenters. The van der Waals surface area contributed by atoms with Crippen molar-refractivity contribution in [1.82, 2.24) is 9.97 Å². The van der Waals surface area contributed by atoms with Gasteiger partial charge >= 0.3 is 5.97 Å². The molecule has 0 fully saturated rings. The molecule has 0 saturated carbocycles. The Hall–Kier alpha value is -1.95. The second-order valence-corrected chi connectivity index (χ2v) is 6.06. The van der Waals surface area contributed by atoms with E-state index >= 15 is 0 Å². The number of hydrogen-bond donors (Lipinski definition) is 2. The van der Waals surface area contributed by atoms with E-state index < -0.39 is 5.97 Å². The van der Waals surface area contributed by atoms with Crippen LogP contribution in [0.25, 0.3) is 10.7 Å². The van der Waals surface area contributed by atoms with Crippen LogP contribution in [0, 0.1) is 0 Å². The molecule has 2 aromatic heterocycles. The van der Waals surface area contributed by atoms with Crippen molar-refractivity contribution in [2.45, 2.75) is 26.3 Å². The molecule has 0 aliphatic heterocycles. The van der Waals surface area contributed by atoms with E-state index in [4.69, 9.17) is 5.11 Å². The Bertz CT molecular complexity index is 588. The highest BCUT2D eigenvalue weighted by Gasteiger charge is 2.19. The fourth-order valence-electron chi connectivity index (χ4n) is 1.51. The maximum absolute atomic E-state index is 11.2. The minimum absolute atomic E-state index is 0.0789. The Balaban J connectivity index is 2.47. The molecule has 0 radical (unpaired) electrons. The molecule has 2 aromatic rings. The normalized spacial score (nSPS) is 11.3. The number of nitrogens with zero attached hydrogens (tertiary/aromatic N) is 2. The maximum Gasteiger partial charge on any atom is 0.341 e. The van der Waals surface area contributed by atoms with Gasteiger partial charge in [0.15, 0.2) is 5.82 Å². The third-order valence-corrected chi connectivity index (χ3v) is 3.12. The Labute approximate surface area is 115 Å². The van der Waals surface area contributed by atoms with E-state index in [-0.39, 0.29) is 11.1 Å². The molecule has 0 aliphatic carbocycles. The van der Waals surface area contributed by atoms with E-state index in [1.54, 1.807) is 0 Å². The number of carbonyl (C=O) groups is 1. The van der Waals surface area contributed by atoms with E-state index in [0.29, 0.717) is 11.6 Å². The number of anilines is 1. The zero-order valence-electron chi connectivity index (χ0n) is 11.0. The van der Waals surface area contributed by atoms with Crippen LogP contribution in [-0.4, -0.2) is 26.6 Å². The Morgan fingerprint density at radius 2 is 2.16 bits per heavy atom. The number of hydrogen-bond acceptors (Lipinski definition) is 5. The molecule has 2 rings (SSSR count). The van der Waals surface area contributed by atoms with Crippen LogP contribution in [0.15, 0.2) is 23.7 Å². The van der Waals surface area contributed by atoms with Gasteiger partial charge in [0.05, 0.1) is 4.88 Å². The van der Waals surface area contributed by atoms with Crippen LogP contribution in [0.3, 0.4) is 0 Å². The number of carboxylic acids is 1. The molecule has 0 aromatic carbocycles. The van der Waals surface area contributed by atoms with Gasteiger partial charge in [0, 0.05) is 11.7 Å². The van der Waals surface area contributed by atoms with Gasteiger partial charge in [-0.25, -0.2) is 14.8 Å². The van der Waals surface area contributed by atoms with Crippen molar-refractivity contribution < 1.29 is 9.90 Å². The Morgan fingerprint density at radius 1 is 1.42 bits per heavy atom. The molecule has 5 nitrogen and oxygen atoms in total. The summed E-state index contributed by atoms with van der Waals surface area (Å²) in [6, 6.07) is 3.81. The van der Waals surface area contributed by atoms with Crippen molar-refractivity contribution in [2.24, 2.45) is 0 Å². The van der Waals surface area contributed by atoms with Crippen LogP contribution in [0.2, 0.25) is 0 Å². The highest BCUT2D eigenvalue weighted by atomic mass is 32.1. The van der Waals surface area contributed by atoms with Crippen LogP contribution in [0.1, 0.15) is 31.1 Å². The molecule has 0 amide bonds. The maximum atomic E-state index is 11.2. The number of nitrogens with one attached hydrogen (secondary N) is 1. The number of aromatic carboxylic acids is 1. The molecule has 6 heteroatoms. The average molecular weight is 277 g/mol. The molecule has 0 saturated heterocycles. The molecular weight excluding hydrogens is 262 g/mol. The van der Waals surface area contributed by atoms with Gasteiger partial charge in [0.25, 0.3) is 0 Å². The third-order valence-electron chi connectivity index (χ3n) is 2.25. The monoisotopic (exact) mass is 277 g/mol. The van der Waals surface area contributed by atoms with Gasteiger partial charge in [-0.15, -0.1) is 11.3 Å². The first-order valence-electron chi connectivity index (χ1n) is 5.79. The van der Waals surface area contributed by atoms with Gasteiger partial charge in [0.2, 0.25) is 0 Å². The fraction of sp³-hybridized carbons (Fsp3) is 0.308. The lowest BCUT2D eigenvalue weighted by molar-refractivity contribution is 0.0697. The predicted molar refractivity (Wildman–Crippen MR) is 75.7 cm³/mol. The summed E-state index contributed by atoms with van der Waals surface area (Å²) in [4.78, 5) is 20.5. The largest absolute Gasteiger partial charge is 0.477 e. The first-order chi connectivity index (χ1) is 8.87. The molecule has 0 aliphatic rings. The van der Waals surface area contributed by atoms with Crippen molar-refractivity contribution in [1.29, 1.82) is 0 Å². The number of aromatic nitrogens is 2. The van der Waals surface area contributed by atoms with Gasteiger partial charge < -0.3 is 10.4 Å². The number of carboxylic acid groups (broad SMARTS) is 1. The summed E-state index contributed by atoms with van der Waals surface area (Å²) < 4.78 is 0. The molecule has 19 heavy (non-hydrogen) atoms. The van der Waals surface area contributed by atoms with Gasteiger partial charge in [-0.2, -0.15) is 0 Å². The first-order valence-corrected chi connectivity index (χ1v) is 6.67. The quantitative estimate of drug-likeness (QED) is 0.901. The topological polar surface area (TPSA) is 75.1 Å². The zero-order valence-corrected chi connectivity index (χ0v) is 11.8. The number of rotatable bonds is 3. The lowest BCUT2D eigenvalue weighted by atomic mass is 10.1.